The number of nitro benzene ring substituents is 1. The number of hydrogen-bond donors (Lipinski definition) is 1. The van der Waals surface area contributed by atoms with Gasteiger partial charge < -0.3 is 15.0 Å². The first-order chi connectivity index (χ1) is 17.1. The molecule has 13 heteroatoms. The third-order valence-electron chi connectivity index (χ3n) is 6.10. The number of rotatable bonds is 5. The Balaban J connectivity index is 1.61. The molecule has 1 N–H and O–H groups in total. The lowest BCUT2D eigenvalue weighted by Crippen LogP contribution is -2.36. The standard InChI is InChI=1S/C23H22F3N7O3/c1-13(15-9-16(23(24,25)26)11-17(10-15)33(34)35)28-20-18-12-19(31-5-7-36-8-6-31)22-27-3-4-32(22)21(18)30-14(2)29-20/h3-4,9-13H,5-8H2,1-2H3,(H,28,29,30)/t13-/m1/s1. The van der Waals surface area contributed by atoms with Crippen LogP contribution in [-0.2, 0) is 10.9 Å². The maximum absolute atomic E-state index is 13.4. The van der Waals surface area contributed by atoms with E-state index < -0.39 is 28.4 Å². The van der Waals surface area contributed by atoms with Crippen LogP contribution in [0.1, 0.15) is 29.9 Å². The molecule has 0 aliphatic carbocycles. The first kappa shape index (κ1) is 23.7. The topological polar surface area (TPSA) is 111 Å². The first-order valence-electron chi connectivity index (χ1n) is 11.2. The Morgan fingerprint density at radius 3 is 2.58 bits per heavy atom. The second-order valence-electron chi connectivity index (χ2n) is 8.54. The van der Waals surface area contributed by atoms with E-state index in [-0.39, 0.29) is 5.56 Å². The van der Waals surface area contributed by atoms with Gasteiger partial charge in [0.15, 0.2) is 11.3 Å². The number of nitrogens with zero attached hydrogens (tertiary/aromatic N) is 6. The Bertz CT molecular complexity index is 1470. The Kier molecular flexibility index (Phi) is 5.86. The number of imidazole rings is 1. The number of alkyl halides is 3. The van der Waals surface area contributed by atoms with Crippen molar-refractivity contribution in [3.05, 3.63) is 63.7 Å². The number of halogens is 3. The smallest absolute Gasteiger partial charge is 0.378 e. The summed E-state index contributed by atoms with van der Waals surface area (Å²) in [7, 11) is 0. The largest absolute Gasteiger partial charge is 0.416 e. The Morgan fingerprint density at radius 2 is 1.89 bits per heavy atom. The van der Waals surface area contributed by atoms with E-state index in [1.807, 2.05) is 10.5 Å². The summed E-state index contributed by atoms with van der Waals surface area (Å²) in [6.45, 7) is 5.84. The van der Waals surface area contributed by atoms with E-state index >= 15 is 0 Å². The van der Waals surface area contributed by atoms with Crippen LogP contribution in [-0.4, -0.2) is 50.6 Å². The first-order valence-corrected chi connectivity index (χ1v) is 11.2. The van der Waals surface area contributed by atoms with Crippen LogP contribution in [0.4, 0.5) is 30.4 Å². The van der Waals surface area contributed by atoms with Crippen LogP contribution in [0.25, 0.3) is 16.7 Å². The van der Waals surface area contributed by atoms with Crippen molar-refractivity contribution in [1.29, 1.82) is 0 Å². The second kappa shape index (κ2) is 8.90. The molecule has 0 saturated carbocycles. The monoisotopic (exact) mass is 501 g/mol. The number of morpholine rings is 1. The van der Waals surface area contributed by atoms with Gasteiger partial charge >= 0.3 is 6.18 Å². The van der Waals surface area contributed by atoms with Gasteiger partial charge in [0.25, 0.3) is 5.69 Å². The summed E-state index contributed by atoms with van der Waals surface area (Å²) in [5, 5.41) is 15.1. The molecule has 1 aliphatic rings. The highest BCUT2D eigenvalue weighted by Crippen LogP contribution is 2.36. The van der Waals surface area contributed by atoms with Gasteiger partial charge in [-0.25, -0.2) is 15.0 Å². The Labute approximate surface area is 202 Å². The molecular formula is C23H22F3N7O3. The molecule has 10 nitrogen and oxygen atoms in total. The molecule has 4 heterocycles. The summed E-state index contributed by atoms with van der Waals surface area (Å²) < 4.78 is 47.6. The van der Waals surface area contributed by atoms with Crippen molar-refractivity contribution in [2.75, 3.05) is 36.5 Å². The molecule has 0 bridgehead atoms. The Hall–Kier alpha value is -4.00. The van der Waals surface area contributed by atoms with Crippen LogP contribution in [0.2, 0.25) is 0 Å². The quantitative estimate of drug-likeness (QED) is 0.314. The van der Waals surface area contributed by atoms with Crippen LogP contribution in [0.5, 0.6) is 0 Å². The zero-order valence-corrected chi connectivity index (χ0v) is 19.4. The number of anilines is 2. The molecule has 3 aromatic heterocycles. The van der Waals surface area contributed by atoms with E-state index in [1.165, 1.54) is 0 Å². The molecule has 1 aromatic carbocycles. The Morgan fingerprint density at radius 1 is 1.14 bits per heavy atom. The van der Waals surface area contributed by atoms with Gasteiger partial charge in [-0.1, -0.05) is 0 Å². The minimum Gasteiger partial charge on any atom is -0.378 e. The zero-order chi connectivity index (χ0) is 25.6. The van der Waals surface area contributed by atoms with Crippen molar-refractivity contribution in [1.82, 2.24) is 19.4 Å². The summed E-state index contributed by atoms with van der Waals surface area (Å²) >= 11 is 0. The molecule has 1 saturated heterocycles. The van der Waals surface area contributed by atoms with Gasteiger partial charge in [0.05, 0.1) is 40.8 Å². The van der Waals surface area contributed by atoms with Gasteiger partial charge in [0.2, 0.25) is 0 Å². The maximum Gasteiger partial charge on any atom is 0.416 e. The predicted octanol–water partition coefficient (Wildman–Crippen LogP) is 4.52. The van der Waals surface area contributed by atoms with Crippen molar-refractivity contribution in [3.63, 3.8) is 0 Å². The third kappa shape index (κ3) is 4.37. The van der Waals surface area contributed by atoms with Crippen molar-refractivity contribution in [3.8, 4) is 0 Å². The number of benzene rings is 1. The van der Waals surface area contributed by atoms with Gasteiger partial charge in [0.1, 0.15) is 11.6 Å². The molecule has 0 amide bonds. The summed E-state index contributed by atoms with van der Waals surface area (Å²) in [5.41, 5.74) is 0.546. The number of aromatic nitrogens is 4. The lowest BCUT2D eigenvalue weighted by atomic mass is 10.0. The van der Waals surface area contributed by atoms with Gasteiger partial charge in [0, 0.05) is 37.6 Å². The van der Waals surface area contributed by atoms with E-state index in [4.69, 9.17) is 4.74 Å². The van der Waals surface area contributed by atoms with Crippen LogP contribution >= 0.6 is 0 Å². The van der Waals surface area contributed by atoms with Crippen molar-refractivity contribution >= 4 is 33.9 Å². The molecule has 0 unspecified atom stereocenters. The molecule has 36 heavy (non-hydrogen) atoms. The SMILES string of the molecule is Cc1nc(N[C@H](C)c2cc([N+](=O)[O-])cc(C(F)(F)F)c2)c2cc(N3CCOCC3)c3nccn3c2n1. The highest BCUT2D eigenvalue weighted by atomic mass is 19.4. The minimum atomic E-state index is -4.72. The molecule has 1 atom stereocenters. The summed E-state index contributed by atoms with van der Waals surface area (Å²) in [6.07, 6.45) is -1.26. The highest BCUT2D eigenvalue weighted by Gasteiger charge is 2.33. The molecule has 5 rings (SSSR count). The second-order valence-corrected chi connectivity index (χ2v) is 8.54. The fourth-order valence-corrected chi connectivity index (χ4v) is 4.34. The number of nitro groups is 1. The minimum absolute atomic E-state index is 0.109. The van der Waals surface area contributed by atoms with E-state index in [0.717, 1.165) is 23.5 Å². The van der Waals surface area contributed by atoms with E-state index in [2.05, 4.69) is 25.2 Å². The van der Waals surface area contributed by atoms with E-state index in [0.29, 0.717) is 55.0 Å². The van der Waals surface area contributed by atoms with Gasteiger partial charge in [-0.15, -0.1) is 0 Å². The summed E-state index contributed by atoms with van der Waals surface area (Å²) in [5.74, 6) is 0.844. The zero-order valence-electron chi connectivity index (χ0n) is 19.4. The summed E-state index contributed by atoms with van der Waals surface area (Å²) in [4.78, 5) is 26.2. The molecule has 0 spiro atoms. The van der Waals surface area contributed by atoms with E-state index in [9.17, 15) is 23.3 Å². The van der Waals surface area contributed by atoms with Crippen molar-refractivity contribution < 1.29 is 22.8 Å². The number of non-ortho nitro benzene ring substituents is 1. The number of pyridine rings is 1. The molecule has 1 fully saturated rings. The van der Waals surface area contributed by atoms with Gasteiger partial charge in [-0.05, 0) is 31.5 Å². The number of nitrogens with one attached hydrogen (secondary N) is 1. The average Bonchev–Trinajstić information content (AvgIpc) is 3.34. The average molecular weight is 501 g/mol. The number of hydrogen-bond acceptors (Lipinski definition) is 8. The molecule has 4 aromatic rings. The van der Waals surface area contributed by atoms with Crippen LogP contribution in [0.15, 0.2) is 36.7 Å². The highest BCUT2D eigenvalue weighted by molar-refractivity contribution is 5.94. The van der Waals surface area contributed by atoms with Crippen LogP contribution in [0, 0.1) is 17.0 Å². The fourth-order valence-electron chi connectivity index (χ4n) is 4.34. The molecular weight excluding hydrogens is 479 g/mol. The lowest BCUT2D eigenvalue weighted by molar-refractivity contribution is -0.385. The van der Waals surface area contributed by atoms with Crippen molar-refractivity contribution in [2.45, 2.75) is 26.1 Å². The molecule has 188 valence electrons. The van der Waals surface area contributed by atoms with Gasteiger partial charge in [-0.2, -0.15) is 13.2 Å². The molecule has 0 radical (unpaired) electrons. The number of fused-ring (bicyclic) bond motifs is 3. The third-order valence-corrected chi connectivity index (χ3v) is 6.10. The number of aryl methyl sites for hydroxylation is 1. The van der Waals surface area contributed by atoms with Crippen LogP contribution in [0.3, 0.4) is 0 Å². The maximum atomic E-state index is 13.4. The van der Waals surface area contributed by atoms with Crippen molar-refractivity contribution in [2.24, 2.45) is 0 Å². The van der Waals surface area contributed by atoms with Crippen LogP contribution < -0.4 is 10.2 Å². The summed E-state index contributed by atoms with van der Waals surface area (Å²) in [6, 6.07) is 3.76. The fraction of sp³-hybridized carbons (Fsp3) is 0.348. The molecule has 1 aliphatic heterocycles. The number of ether oxygens (including phenoxy) is 1. The normalized spacial score (nSPS) is 15.4. The van der Waals surface area contributed by atoms with E-state index in [1.54, 1.807) is 26.2 Å². The van der Waals surface area contributed by atoms with Gasteiger partial charge in [-0.3, -0.25) is 14.5 Å². The lowest BCUT2D eigenvalue weighted by Gasteiger charge is -2.29. The predicted molar refractivity (Wildman–Crippen MR) is 126 cm³/mol.